The van der Waals surface area contributed by atoms with Crippen molar-refractivity contribution < 1.29 is 14.4 Å². The number of carboxylic acids is 1. The van der Waals surface area contributed by atoms with Gasteiger partial charge in [0, 0.05) is 0 Å². The molecule has 0 radical (unpaired) electrons. The second-order valence-electron chi connectivity index (χ2n) is 4.29. The Bertz CT molecular complexity index is 550. The largest absolute Gasteiger partial charge is 0.481 e. The van der Waals surface area contributed by atoms with Gasteiger partial charge in [0.1, 0.15) is 0 Å². The van der Waals surface area contributed by atoms with Crippen LogP contribution >= 0.6 is 0 Å². The van der Waals surface area contributed by atoms with Crippen molar-refractivity contribution in [2.24, 2.45) is 5.92 Å². The van der Waals surface area contributed by atoms with Gasteiger partial charge < -0.3 is 9.63 Å². The van der Waals surface area contributed by atoms with E-state index in [4.69, 9.17) is 9.63 Å². The fraction of sp³-hybridized carbons (Fsp3) is 0.500. The molecule has 2 aromatic heterocycles. The van der Waals surface area contributed by atoms with Gasteiger partial charge in [0.2, 0.25) is 11.7 Å². The van der Waals surface area contributed by atoms with E-state index in [1.54, 1.807) is 0 Å². The average Bonchev–Trinajstić information content (AvgIpc) is 3.10. The number of rotatable bonds is 3. The number of aromatic amines is 1. The van der Waals surface area contributed by atoms with E-state index in [0.717, 1.165) is 12.8 Å². The molecule has 2 N–H and O–H groups in total. The maximum atomic E-state index is 11.1. The molecule has 8 nitrogen and oxygen atoms in total. The molecule has 0 saturated heterocycles. The van der Waals surface area contributed by atoms with E-state index in [9.17, 15) is 4.79 Å². The quantitative estimate of drug-likeness (QED) is 0.826. The van der Waals surface area contributed by atoms with E-state index in [1.807, 2.05) is 0 Å². The summed E-state index contributed by atoms with van der Waals surface area (Å²) in [4.78, 5) is 15.3. The molecule has 0 bridgehead atoms. The van der Waals surface area contributed by atoms with Gasteiger partial charge in [-0.15, -0.1) is 0 Å². The molecule has 1 aliphatic carbocycles. The molecule has 2 heterocycles. The predicted molar refractivity (Wildman–Crippen MR) is 57.4 cm³/mol. The van der Waals surface area contributed by atoms with Gasteiger partial charge in [-0.2, -0.15) is 20.4 Å². The Hall–Kier alpha value is -2.25. The molecule has 1 aliphatic rings. The van der Waals surface area contributed by atoms with Gasteiger partial charge in [-0.05, 0) is 12.8 Å². The summed E-state index contributed by atoms with van der Waals surface area (Å²) in [5.41, 5.74) is 0.481. The number of nitrogens with zero attached hydrogens (tertiary/aromatic N) is 4. The molecule has 2 unspecified atom stereocenters. The lowest BCUT2D eigenvalue weighted by Gasteiger charge is -2.09. The minimum atomic E-state index is -0.807. The Kier molecular flexibility index (Phi) is 2.54. The van der Waals surface area contributed by atoms with Crippen LogP contribution in [-0.4, -0.2) is 36.6 Å². The number of aromatic nitrogens is 5. The van der Waals surface area contributed by atoms with Crippen LogP contribution in [0.5, 0.6) is 0 Å². The third-order valence-corrected chi connectivity index (χ3v) is 3.24. The number of H-pyrrole nitrogens is 1. The zero-order valence-electron chi connectivity index (χ0n) is 9.41. The zero-order chi connectivity index (χ0) is 12.5. The minimum Gasteiger partial charge on any atom is -0.481 e. The third kappa shape index (κ3) is 1.75. The van der Waals surface area contributed by atoms with Gasteiger partial charge >= 0.3 is 5.97 Å². The van der Waals surface area contributed by atoms with Crippen LogP contribution in [0.15, 0.2) is 10.7 Å². The normalized spacial score (nSPS) is 23.3. The van der Waals surface area contributed by atoms with Gasteiger partial charge in [0.25, 0.3) is 0 Å². The second kappa shape index (κ2) is 4.21. The predicted octanol–water partition coefficient (Wildman–Crippen LogP) is 0.823. The minimum absolute atomic E-state index is 0.198. The van der Waals surface area contributed by atoms with Crippen molar-refractivity contribution in [3.63, 3.8) is 0 Å². The first-order valence-electron chi connectivity index (χ1n) is 5.68. The molecular weight excluding hydrogens is 238 g/mol. The Balaban J connectivity index is 1.87. The monoisotopic (exact) mass is 249 g/mol. The highest BCUT2D eigenvalue weighted by atomic mass is 16.5. The molecule has 0 aromatic carbocycles. The molecular formula is C10H11N5O3. The number of carboxylic acid groups (broad SMARTS) is 1. The van der Waals surface area contributed by atoms with Crippen molar-refractivity contribution in [2.45, 2.75) is 25.2 Å². The summed E-state index contributed by atoms with van der Waals surface area (Å²) in [7, 11) is 0. The summed E-state index contributed by atoms with van der Waals surface area (Å²) in [5.74, 6) is -0.738. The van der Waals surface area contributed by atoms with Crippen LogP contribution in [0.1, 0.15) is 31.1 Å². The van der Waals surface area contributed by atoms with Gasteiger partial charge in [0.05, 0.1) is 18.0 Å². The molecule has 18 heavy (non-hydrogen) atoms. The molecule has 2 atom stereocenters. The number of nitrogens with one attached hydrogen (secondary N) is 1. The van der Waals surface area contributed by atoms with E-state index in [1.165, 1.54) is 6.20 Å². The maximum Gasteiger partial charge on any atom is 0.307 e. The van der Waals surface area contributed by atoms with Crippen molar-refractivity contribution in [3.8, 4) is 11.5 Å². The molecule has 1 fully saturated rings. The summed E-state index contributed by atoms with van der Waals surface area (Å²) >= 11 is 0. The van der Waals surface area contributed by atoms with E-state index < -0.39 is 11.9 Å². The Labute approximate surface area is 101 Å². The van der Waals surface area contributed by atoms with Gasteiger partial charge in [0.15, 0.2) is 5.69 Å². The van der Waals surface area contributed by atoms with Crippen LogP contribution < -0.4 is 0 Å². The Morgan fingerprint density at radius 3 is 3.11 bits per heavy atom. The second-order valence-corrected chi connectivity index (χ2v) is 4.29. The van der Waals surface area contributed by atoms with Crippen molar-refractivity contribution in [1.29, 1.82) is 0 Å². The van der Waals surface area contributed by atoms with Crippen molar-refractivity contribution in [1.82, 2.24) is 25.6 Å². The molecule has 0 aliphatic heterocycles. The van der Waals surface area contributed by atoms with Crippen LogP contribution in [0, 0.1) is 5.92 Å². The number of carbonyl (C=O) groups is 1. The zero-order valence-corrected chi connectivity index (χ0v) is 9.41. The first-order chi connectivity index (χ1) is 8.75. The molecule has 2 aromatic rings. The SMILES string of the molecule is O=C(O)C1CCCC1c1nc(-c2cn[nH]n2)no1. The van der Waals surface area contributed by atoms with Crippen LogP contribution in [0.3, 0.4) is 0 Å². The first kappa shape index (κ1) is 10.9. The lowest BCUT2D eigenvalue weighted by molar-refractivity contribution is -0.142. The number of hydrogen-bond donors (Lipinski definition) is 2. The fourth-order valence-corrected chi connectivity index (χ4v) is 2.35. The Morgan fingerprint density at radius 2 is 2.39 bits per heavy atom. The highest BCUT2D eigenvalue weighted by Crippen LogP contribution is 2.39. The van der Waals surface area contributed by atoms with E-state index >= 15 is 0 Å². The molecule has 8 heteroatoms. The van der Waals surface area contributed by atoms with Gasteiger partial charge in [-0.1, -0.05) is 11.6 Å². The highest BCUT2D eigenvalue weighted by Gasteiger charge is 2.37. The van der Waals surface area contributed by atoms with Gasteiger partial charge in [-0.3, -0.25) is 4.79 Å². The van der Waals surface area contributed by atoms with Gasteiger partial charge in [-0.25, -0.2) is 0 Å². The fourth-order valence-electron chi connectivity index (χ4n) is 2.35. The summed E-state index contributed by atoms with van der Waals surface area (Å²) < 4.78 is 5.15. The molecule has 94 valence electrons. The van der Waals surface area contributed by atoms with E-state index in [-0.39, 0.29) is 5.92 Å². The summed E-state index contributed by atoms with van der Waals surface area (Å²) in [5, 5.41) is 22.9. The standard InChI is InChI=1S/C10H11N5O3/c16-10(17)6-3-1-2-5(6)9-12-8(14-18-9)7-4-11-15-13-7/h4-6H,1-3H2,(H,16,17)(H,11,13,15). The summed E-state index contributed by atoms with van der Waals surface area (Å²) in [6.07, 6.45) is 3.76. The Morgan fingerprint density at radius 1 is 1.50 bits per heavy atom. The first-order valence-corrected chi connectivity index (χ1v) is 5.68. The summed E-state index contributed by atoms with van der Waals surface area (Å²) in [6, 6.07) is 0. The topological polar surface area (TPSA) is 118 Å². The molecule has 1 saturated carbocycles. The lowest BCUT2D eigenvalue weighted by atomic mass is 9.96. The smallest absolute Gasteiger partial charge is 0.307 e. The van der Waals surface area contributed by atoms with E-state index in [0.29, 0.717) is 23.8 Å². The third-order valence-electron chi connectivity index (χ3n) is 3.24. The molecule has 0 spiro atoms. The van der Waals surface area contributed by atoms with E-state index in [2.05, 4.69) is 25.6 Å². The highest BCUT2D eigenvalue weighted by molar-refractivity contribution is 5.71. The van der Waals surface area contributed by atoms with Crippen molar-refractivity contribution in [3.05, 3.63) is 12.1 Å². The molecule has 0 amide bonds. The van der Waals surface area contributed by atoms with Crippen molar-refractivity contribution >= 4 is 5.97 Å². The van der Waals surface area contributed by atoms with Crippen LogP contribution in [0.2, 0.25) is 0 Å². The van der Waals surface area contributed by atoms with Crippen LogP contribution in [0.25, 0.3) is 11.5 Å². The lowest BCUT2D eigenvalue weighted by Crippen LogP contribution is -2.17. The maximum absolute atomic E-state index is 11.1. The summed E-state index contributed by atoms with van der Waals surface area (Å²) in [6.45, 7) is 0. The van der Waals surface area contributed by atoms with Crippen LogP contribution in [0.4, 0.5) is 0 Å². The van der Waals surface area contributed by atoms with Crippen molar-refractivity contribution in [2.75, 3.05) is 0 Å². The average molecular weight is 249 g/mol. The number of aliphatic carboxylic acids is 1. The molecule has 3 rings (SSSR count). The number of hydrogen-bond acceptors (Lipinski definition) is 6. The van der Waals surface area contributed by atoms with Crippen LogP contribution in [-0.2, 0) is 4.79 Å².